The van der Waals surface area contributed by atoms with Gasteiger partial charge in [0.1, 0.15) is 5.82 Å². The first-order valence-electron chi connectivity index (χ1n) is 8.36. The largest absolute Gasteiger partial charge is 0.345 e. The standard InChI is InChI=1S/C20H20BrN3OS/c1-13(19-22-12-18(24-19)15-6-4-3-5-7-15)23-20(25)14(2)26-17-10-8-16(21)9-11-17/h3-14H,1-2H3,(H,22,24)(H,23,25). The van der Waals surface area contributed by atoms with Crippen LogP contribution in [0.15, 0.2) is 70.2 Å². The van der Waals surface area contributed by atoms with Gasteiger partial charge in [-0.1, -0.05) is 46.3 Å². The first kappa shape index (κ1) is 18.7. The Balaban J connectivity index is 1.60. The Morgan fingerprint density at radius 2 is 1.81 bits per heavy atom. The minimum atomic E-state index is -0.192. The second-order valence-corrected chi connectivity index (χ2v) is 8.32. The average Bonchev–Trinajstić information content (AvgIpc) is 3.14. The van der Waals surface area contributed by atoms with Crippen LogP contribution < -0.4 is 5.32 Å². The molecule has 0 spiro atoms. The van der Waals surface area contributed by atoms with E-state index in [1.54, 1.807) is 6.20 Å². The van der Waals surface area contributed by atoms with E-state index in [0.29, 0.717) is 0 Å². The van der Waals surface area contributed by atoms with Gasteiger partial charge in [-0.3, -0.25) is 4.79 Å². The van der Waals surface area contributed by atoms with Crippen LogP contribution in [-0.4, -0.2) is 21.1 Å². The van der Waals surface area contributed by atoms with E-state index in [0.717, 1.165) is 26.4 Å². The number of imidazole rings is 1. The maximum absolute atomic E-state index is 12.5. The molecule has 1 heterocycles. The van der Waals surface area contributed by atoms with Gasteiger partial charge in [-0.25, -0.2) is 4.98 Å². The van der Waals surface area contributed by atoms with E-state index in [-0.39, 0.29) is 17.2 Å². The van der Waals surface area contributed by atoms with E-state index in [2.05, 4.69) is 31.2 Å². The molecule has 6 heteroatoms. The molecule has 0 bridgehead atoms. The summed E-state index contributed by atoms with van der Waals surface area (Å²) in [6, 6.07) is 17.8. The lowest BCUT2D eigenvalue weighted by Gasteiger charge is -2.16. The van der Waals surface area contributed by atoms with Crippen molar-refractivity contribution in [2.75, 3.05) is 0 Å². The normalized spacial score (nSPS) is 13.2. The predicted octanol–water partition coefficient (Wildman–Crippen LogP) is 5.20. The Kier molecular flexibility index (Phi) is 6.16. The van der Waals surface area contributed by atoms with E-state index in [1.165, 1.54) is 11.8 Å². The van der Waals surface area contributed by atoms with Crippen LogP contribution >= 0.6 is 27.7 Å². The molecule has 2 aromatic carbocycles. The minimum Gasteiger partial charge on any atom is -0.345 e. The molecule has 2 N–H and O–H groups in total. The Hall–Kier alpha value is -2.05. The van der Waals surface area contributed by atoms with Crippen molar-refractivity contribution in [2.24, 2.45) is 0 Å². The Bertz CT molecular complexity index is 864. The van der Waals surface area contributed by atoms with Gasteiger partial charge in [-0.15, -0.1) is 11.8 Å². The zero-order valence-electron chi connectivity index (χ0n) is 14.6. The molecule has 1 amide bonds. The van der Waals surface area contributed by atoms with E-state index in [1.807, 2.05) is 68.4 Å². The first-order valence-corrected chi connectivity index (χ1v) is 10.0. The van der Waals surface area contributed by atoms with Crippen molar-refractivity contribution in [3.63, 3.8) is 0 Å². The molecular weight excluding hydrogens is 410 g/mol. The van der Waals surface area contributed by atoms with E-state index in [9.17, 15) is 4.79 Å². The number of hydrogen-bond acceptors (Lipinski definition) is 3. The van der Waals surface area contributed by atoms with Crippen molar-refractivity contribution in [1.29, 1.82) is 0 Å². The number of nitrogens with zero attached hydrogens (tertiary/aromatic N) is 1. The number of amides is 1. The summed E-state index contributed by atoms with van der Waals surface area (Å²) in [5, 5.41) is 2.84. The monoisotopic (exact) mass is 429 g/mol. The zero-order valence-corrected chi connectivity index (χ0v) is 17.0. The van der Waals surface area contributed by atoms with E-state index < -0.39 is 0 Å². The predicted molar refractivity (Wildman–Crippen MR) is 110 cm³/mol. The zero-order chi connectivity index (χ0) is 18.5. The van der Waals surface area contributed by atoms with Gasteiger partial charge >= 0.3 is 0 Å². The van der Waals surface area contributed by atoms with Gasteiger partial charge in [-0.2, -0.15) is 0 Å². The molecule has 2 atom stereocenters. The topological polar surface area (TPSA) is 57.8 Å². The number of carbonyl (C=O) groups is 1. The number of thioether (sulfide) groups is 1. The molecule has 0 aliphatic carbocycles. The number of H-pyrrole nitrogens is 1. The van der Waals surface area contributed by atoms with Crippen LogP contribution in [0.3, 0.4) is 0 Å². The highest BCUT2D eigenvalue weighted by Crippen LogP contribution is 2.25. The second kappa shape index (κ2) is 8.56. The van der Waals surface area contributed by atoms with Crippen LogP contribution in [0.4, 0.5) is 0 Å². The highest BCUT2D eigenvalue weighted by atomic mass is 79.9. The number of aromatic amines is 1. The molecule has 3 rings (SSSR count). The van der Waals surface area contributed by atoms with Crippen LogP contribution in [0, 0.1) is 0 Å². The summed E-state index contributed by atoms with van der Waals surface area (Å²) in [5.41, 5.74) is 2.02. The molecular formula is C20H20BrN3OS. The van der Waals surface area contributed by atoms with Gasteiger partial charge in [0.05, 0.1) is 23.2 Å². The quantitative estimate of drug-likeness (QED) is 0.529. The van der Waals surface area contributed by atoms with Crippen molar-refractivity contribution in [1.82, 2.24) is 15.3 Å². The van der Waals surface area contributed by atoms with Gasteiger partial charge in [0.15, 0.2) is 0 Å². The SMILES string of the molecule is CC(Sc1ccc(Br)cc1)C(=O)NC(C)c1ncc(-c2ccccc2)[nH]1. The Morgan fingerprint density at radius 1 is 1.12 bits per heavy atom. The molecule has 0 aliphatic rings. The maximum Gasteiger partial charge on any atom is 0.233 e. The number of halogens is 1. The molecule has 4 nitrogen and oxygen atoms in total. The Morgan fingerprint density at radius 3 is 2.50 bits per heavy atom. The molecule has 1 aromatic heterocycles. The molecule has 0 saturated heterocycles. The number of aromatic nitrogens is 2. The summed E-state index contributed by atoms with van der Waals surface area (Å²) < 4.78 is 1.03. The number of rotatable bonds is 6. The van der Waals surface area contributed by atoms with Crippen LogP contribution in [0.25, 0.3) is 11.3 Å². The summed E-state index contributed by atoms with van der Waals surface area (Å²) in [4.78, 5) is 21.3. The summed E-state index contributed by atoms with van der Waals surface area (Å²) in [7, 11) is 0. The molecule has 3 aromatic rings. The average molecular weight is 430 g/mol. The molecule has 0 saturated carbocycles. The molecule has 0 aliphatic heterocycles. The lowest BCUT2D eigenvalue weighted by atomic mass is 10.2. The van der Waals surface area contributed by atoms with E-state index >= 15 is 0 Å². The van der Waals surface area contributed by atoms with Crippen molar-refractivity contribution in [3.05, 3.63) is 71.1 Å². The van der Waals surface area contributed by atoms with Crippen LogP contribution in [-0.2, 0) is 4.79 Å². The third-order valence-corrected chi connectivity index (χ3v) is 5.59. The van der Waals surface area contributed by atoms with Crippen molar-refractivity contribution < 1.29 is 4.79 Å². The highest BCUT2D eigenvalue weighted by molar-refractivity contribution is 9.10. The fourth-order valence-electron chi connectivity index (χ4n) is 2.49. The number of benzene rings is 2. The van der Waals surface area contributed by atoms with Crippen LogP contribution in [0.5, 0.6) is 0 Å². The number of carbonyl (C=O) groups excluding carboxylic acids is 1. The van der Waals surface area contributed by atoms with Crippen LogP contribution in [0.2, 0.25) is 0 Å². The number of hydrogen-bond donors (Lipinski definition) is 2. The summed E-state index contributed by atoms with van der Waals surface area (Å²) in [6.45, 7) is 3.84. The maximum atomic E-state index is 12.5. The third kappa shape index (κ3) is 4.77. The van der Waals surface area contributed by atoms with Gasteiger partial charge in [-0.05, 0) is 43.7 Å². The van der Waals surface area contributed by atoms with Crippen molar-refractivity contribution in [3.8, 4) is 11.3 Å². The molecule has 2 unspecified atom stereocenters. The summed E-state index contributed by atoms with van der Waals surface area (Å²) >= 11 is 4.96. The smallest absolute Gasteiger partial charge is 0.233 e. The van der Waals surface area contributed by atoms with Gasteiger partial charge in [0.2, 0.25) is 5.91 Å². The molecule has 134 valence electrons. The number of nitrogens with one attached hydrogen (secondary N) is 2. The van der Waals surface area contributed by atoms with Gasteiger partial charge in [0.25, 0.3) is 0 Å². The van der Waals surface area contributed by atoms with Crippen LogP contribution in [0.1, 0.15) is 25.7 Å². The lowest BCUT2D eigenvalue weighted by molar-refractivity contribution is -0.121. The first-order chi connectivity index (χ1) is 12.5. The molecule has 26 heavy (non-hydrogen) atoms. The minimum absolute atomic E-state index is 0.0110. The van der Waals surface area contributed by atoms with Crippen molar-refractivity contribution >= 4 is 33.6 Å². The highest BCUT2D eigenvalue weighted by Gasteiger charge is 2.19. The summed E-state index contributed by atoms with van der Waals surface area (Å²) in [6.07, 6.45) is 1.80. The lowest BCUT2D eigenvalue weighted by Crippen LogP contribution is -2.33. The third-order valence-electron chi connectivity index (χ3n) is 3.94. The fourth-order valence-corrected chi connectivity index (χ4v) is 3.63. The summed E-state index contributed by atoms with van der Waals surface area (Å²) in [5.74, 6) is 0.737. The fraction of sp³-hybridized carbons (Fsp3) is 0.200. The molecule has 0 radical (unpaired) electrons. The second-order valence-electron chi connectivity index (χ2n) is 5.99. The van der Waals surface area contributed by atoms with Crippen molar-refractivity contribution in [2.45, 2.75) is 30.0 Å². The Labute approximate surface area is 166 Å². The van der Waals surface area contributed by atoms with Gasteiger partial charge in [0, 0.05) is 9.37 Å². The van der Waals surface area contributed by atoms with Gasteiger partial charge < -0.3 is 10.3 Å². The van der Waals surface area contributed by atoms with E-state index in [4.69, 9.17) is 0 Å². The molecule has 0 fully saturated rings.